The van der Waals surface area contributed by atoms with Crippen molar-refractivity contribution in [1.29, 1.82) is 0 Å². The van der Waals surface area contributed by atoms with Crippen molar-refractivity contribution >= 4 is 38.4 Å². The molecule has 0 aliphatic rings. The van der Waals surface area contributed by atoms with Gasteiger partial charge in [-0.15, -0.1) is 5.10 Å². The number of benzene rings is 3. The zero-order valence-electron chi connectivity index (χ0n) is 17.3. The molecular formula is C22H16ClF2N3O4S. The molecule has 0 aliphatic carbocycles. The smallest absolute Gasteiger partial charge is 0.267 e. The van der Waals surface area contributed by atoms with E-state index in [2.05, 4.69) is 5.10 Å². The molecule has 170 valence electrons. The Labute approximate surface area is 192 Å². The molecule has 0 fully saturated rings. The lowest BCUT2D eigenvalue weighted by atomic mass is 10.0. The maximum Gasteiger partial charge on any atom is 0.267 e. The van der Waals surface area contributed by atoms with Gasteiger partial charge >= 0.3 is 0 Å². The Bertz CT molecular complexity index is 1520. The van der Waals surface area contributed by atoms with Crippen molar-refractivity contribution in [3.63, 3.8) is 0 Å². The molecule has 4 aromatic rings. The van der Waals surface area contributed by atoms with Crippen LogP contribution >= 0.6 is 11.6 Å². The van der Waals surface area contributed by atoms with Gasteiger partial charge in [-0.05, 0) is 41.5 Å². The van der Waals surface area contributed by atoms with Crippen LogP contribution < -0.4 is 9.46 Å². The summed E-state index contributed by atoms with van der Waals surface area (Å²) >= 11 is 6.23. The summed E-state index contributed by atoms with van der Waals surface area (Å²) in [5.74, 6) is -2.38. The first kappa shape index (κ1) is 22.7. The van der Waals surface area contributed by atoms with E-state index >= 15 is 0 Å². The molecule has 0 unspecified atom stereocenters. The molecule has 1 amide bonds. The maximum absolute atomic E-state index is 14.7. The van der Waals surface area contributed by atoms with Crippen molar-refractivity contribution in [2.24, 2.45) is 0 Å². The number of nitrogens with one attached hydrogen (secondary N) is 1. The van der Waals surface area contributed by atoms with Crippen molar-refractivity contribution < 1.29 is 26.7 Å². The molecule has 0 saturated heterocycles. The maximum atomic E-state index is 14.7. The van der Waals surface area contributed by atoms with Crippen LogP contribution in [0, 0.1) is 11.8 Å². The Morgan fingerprint density at radius 1 is 1.09 bits per heavy atom. The minimum Gasteiger partial charge on any atom is -0.497 e. The number of ether oxygens (including phenoxy) is 1. The van der Waals surface area contributed by atoms with E-state index in [0.29, 0.717) is 16.8 Å². The summed E-state index contributed by atoms with van der Waals surface area (Å²) in [5.41, 5.74) is 1.23. The van der Waals surface area contributed by atoms with Crippen LogP contribution in [0.25, 0.3) is 27.7 Å². The number of hydrogen-bond donors (Lipinski definition) is 1. The van der Waals surface area contributed by atoms with Gasteiger partial charge < -0.3 is 4.74 Å². The van der Waals surface area contributed by atoms with Crippen LogP contribution in [0.15, 0.2) is 54.6 Å². The lowest BCUT2D eigenvalue weighted by Gasteiger charge is -2.10. The van der Waals surface area contributed by atoms with Gasteiger partial charge in [-0.2, -0.15) is 4.39 Å². The summed E-state index contributed by atoms with van der Waals surface area (Å²) in [7, 11) is -2.36. The first-order chi connectivity index (χ1) is 15.6. The Kier molecular flexibility index (Phi) is 5.81. The van der Waals surface area contributed by atoms with E-state index in [1.165, 1.54) is 0 Å². The molecule has 0 spiro atoms. The molecule has 7 nitrogen and oxygen atoms in total. The van der Waals surface area contributed by atoms with E-state index in [4.69, 9.17) is 16.3 Å². The number of carbonyl (C=O) groups is 1. The van der Waals surface area contributed by atoms with Crippen LogP contribution in [0.3, 0.4) is 0 Å². The molecule has 0 saturated carbocycles. The standard InChI is InChI=1S/C22H16ClF2N3O4S/c1-32-14-5-3-4-12(8-14)13-6-7-19-16(9-13)21(25)26-28(19)20-11-18(24)15(10-17(20)23)22(29)27-33(2,30)31/h3-11H,1-2H3,(H,27,29). The molecule has 0 radical (unpaired) electrons. The third kappa shape index (κ3) is 4.53. The minimum atomic E-state index is -3.90. The predicted octanol–water partition coefficient (Wildman–Crippen LogP) is 4.32. The van der Waals surface area contributed by atoms with E-state index < -0.39 is 33.3 Å². The van der Waals surface area contributed by atoms with Gasteiger partial charge in [-0.3, -0.25) is 4.79 Å². The Morgan fingerprint density at radius 3 is 2.52 bits per heavy atom. The minimum absolute atomic E-state index is 0.0203. The lowest BCUT2D eigenvalue weighted by Crippen LogP contribution is -2.30. The molecule has 33 heavy (non-hydrogen) atoms. The number of hydrogen-bond acceptors (Lipinski definition) is 5. The molecule has 0 aliphatic heterocycles. The molecule has 0 bridgehead atoms. The number of nitrogens with zero attached hydrogens (tertiary/aromatic N) is 2. The second-order valence-corrected chi connectivity index (χ2v) is 9.31. The fourth-order valence-corrected chi connectivity index (χ4v) is 4.03. The van der Waals surface area contributed by atoms with Crippen molar-refractivity contribution in [2.45, 2.75) is 0 Å². The van der Waals surface area contributed by atoms with Gasteiger partial charge in [0.15, 0.2) is 0 Å². The van der Waals surface area contributed by atoms with Crippen molar-refractivity contribution in [2.75, 3.05) is 13.4 Å². The van der Waals surface area contributed by atoms with E-state index in [-0.39, 0.29) is 16.1 Å². The summed E-state index contributed by atoms with van der Waals surface area (Å²) in [6.45, 7) is 0. The Morgan fingerprint density at radius 2 is 1.82 bits per heavy atom. The van der Waals surface area contributed by atoms with Gasteiger partial charge in [-0.25, -0.2) is 22.2 Å². The van der Waals surface area contributed by atoms with Gasteiger partial charge in [0, 0.05) is 6.07 Å². The van der Waals surface area contributed by atoms with Crippen LogP contribution in [0.5, 0.6) is 5.75 Å². The van der Waals surface area contributed by atoms with Crippen LogP contribution in [-0.2, 0) is 10.0 Å². The third-order valence-electron chi connectivity index (χ3n) is 4.83. The fourth-order valence-electron chi connectivity index (χ4n) is 3.34. The highest BCUT2D eigenvalue weighted by molar-refractivity contribution is 7.89. The third-order valence-corrected chi connectivity index (χ3v) is 5.68. The van der Waals surface area contributed by atoms with Gasteiger partial charge in [-0.1, -0.05) is 29.8 Å². The number of fused-ring (bicyclic) bond motifs is 1. The summed E-state index contributed by atoms with van der Waals surface area (Å²) in [6, 6.07) is 14.0. The topological polar surface area (TPSA) is 90.3 Å². The fraction of sp³-hybridized carbons (Fsp3) is 0.0909. The largest absolute Gasteiger partial charge is 0.497 e. The summed E-state index contributed by atoms with van der Waals surface area (Å²) in [5, 5.41) is 3.89. The van der Waals surface area contributed by atoms with Crippen molar-refractivity contribution in [3.05, 3.63) is 76.9 Å². The zero-order valence-corrected chi connectivity index (χ0v) is 18.8. The van der Waals surface area contributed by atoms with Gasteiger partial charge in [0.1, 0.15) is 11.6 Å². The number of carbonyl (C=O) groups excluding carboxylic acids is 1. The van der Waals surface area contributed by atoms with E-state index in [1.54, 1.807) is 42.2 Å². The second-order valence-electron chi connectivity index (χ2n) is 7.15. The lowest BCUT2D eigenvalue weighted by molar-refractivity contribution is 0.0978. The number of rotatable bonds is 5. The number of sulfonamides is 1. The normalized spacial score (nSPS) is 11.5. The first-order valence-electron chi connectivity index (χ1n) is 9.41. The second kappa shape index (κ2) is 8.45. The quantitative estimate of drug-likeness (QED) is 0.449. The number of amides is 1. The van der Waals surface area contributed by atoms with Crippen molar-refractivity contribution in [1.82, 2.24) is 14.5 Å². The van der Waals surface area contributed by atoms with E-state index in [9.17, 15) is 22.0 Å². The molecule has 1 N–H and O–H groups in total. The SMILES string of the molecule is COc1cccc(-c2ccc3c(c2)c(F)nn3-c2cc(F)c(C(=O)NS(C)(=O)=O)cc2Cl)c1. The molecule has 11 heteroatoms. The van der Waals surface area contributed by atoms with Crippen LogP contribution in [0.4, 0.5) is 8.78 Å². The van der Waals surface area contributed by atoms with E-state index in [0.717, 1.165) is 28.6 Å². The van der Waals surface area contributed by atoms with Crippen LogP contribution in [-0.4, -0.2) is 37.5 Å². The van der Waals surface area contributed by atoms with Crippen LogP contribution in [0.2, 0.25) is 5.02 Å². The monoisotopic (exact) mass is 491 g/mol. The summed E-state index contributed by atoms with van der Waals surface area (Å²) in [4.78, 5) is 12.0. The molecule has 4 rings (SSSR count). The predicted molar refractivity (Wildman–Crippen MR) is 120 cm³/mol. The molecular weight excluding hydrogens is 476 g/mol. The average molecular weight is 492 g/mol. The van der Waals surface area contributed by atoms with Gasteiger partial charge in [0.05, 0.1) is 40.5 Å². The highest BCUT2D eigenvalue weighted by Crippen LogP contribution is 2.32. The average Bonchev–Trinajstić information content (AvgIpc) is 3.09. The summed E-state index contributed by atoms with van der Waals surface area (Å²) < 4.78 is 59.9. The number of methoxy groups -OCH3 is 1. The van der Waals surface area contributed by atoms with Crippen molar-refractivity contribution in [3.8, 4) is 22.6 Å². The number of halogens is 3. The zero-order chi connectivity index (χ0) is 23.9. The first-order valence-corrected chi connectivity index (χ1v) is 11.7. The molecule has 1 aromatic heterocycles. The summed E-state index contributed by atoms with van der Waals surface area (Å²) in [6.07, 6.45) is 0.761. The molecule has 0 atom stereocenters. The highest BCUT2D eigenvalue weighted by atomic mass is 35.5. The molecule has 1 heterocycles. The Balaban J connectivity index is 1.79. The molecule has 3 aromatic carbocycles. The number of aromatic nitrogens is 2. The Hall–Kier alpha value is -3.50. The highest BCUT2D eigenvalue weighted by Gasteiger charge is 2.21. The van der Waals surface area contributed by atoms with Crippen LogP contribution in [0.1, 0.15) is 10.4 Å². The van der Waals surface area contributed by atoms with E-state index in [1.807, 2.05) is 12.1 Å². The van der Waals surface area contributed by atoms with Gasteiger partial charge in [0.25, 0.3) is 5.91 Å². The van der Waals surface area contributed by atoms with Gasteiger partial charge in [0.2, 0.25) is 16.0 Å².